The van der Waals surface area contributed by atoms with E-state index in [-0.39, 0.29) is 10.8 Å². The second kappa shape index (κ2) is 17.0. The van der Waals surface area contributed by atoms with Crippen LogP contribution in [-0.4, -0.2) is 0 Å². The van der Waals surface area contributed by atoms with Crippen LogP contribution in [0, 0.1) is 0 Å². The average molecular weight is 916 g/mol. The van der Waals surface area contributed by atoms with Crippen LogP contribution in [0.15, 0.2) is 237 Å². The minimum absolute atomic E-state index is 0.0749. The van der Waals surface area contributed by atoms with Crippen LogP contribution in [-0.2, 0) is 16.2 Å². The molecule has 0 fully saturated rings. The largest absolute Gasteiger partial charge is 0.457 e. The Hall–Kier alpha value is -8.20. The number of hydrogen-bond donors (Lipinski definition) is 0. The third kappa shape index (κ3) is 7.40. The summed E-state index contributed by atoms with van der Waals surface area (Å²) in [5.74, 6) is 1.81. The fourth-order valence-electron chi connectivity index (χ4n) is 11.3. The van der Waals surface area contributed by atoms with Crippen molar-refractivity contribution in [1.29, 1.82) is 0 Å². The van der Waals surface area contributed by atoms with Crippen molar-refractivity contribution in [2.45, 2.75) is 57.8 Å². The Morgan fingerprint density at radius 2 is 0.746 bits per heavy atom. The topological polar surface area (TPSA) is 12.5 Å². The molecular weight excluding hydrogens is 859 g/mol. The van der Waals surface area contributed by atoms with Gasteiger partial charge in [-0.15, -0.1) is 0 Å². The van der Waals surface area contributed by atoms with Gasteiger partial charge >= 0.3 is 0 Å². The minimum atomic E-state index is -0.645. The summed E-state index contributed by atoms with van der Waals surface area (Å²) in [4.78, 5) is 2.48. The second-order valence-corrected chi connectivity index (χ2v) is 21.3. The van der Waals surface area contributed by atoms with E-state index in [2.05, 4.69) is 283 Å². The van der Waals surface area contributed by atoms with Crippen LogP contribution in [0.3, 0.4) is 0 Å². The van der Waals surface area contributed by atoms with Crippen molar-refractivity contribution in [3.63, 3.8) is 0 Å². The summed E-state index contributed by atoms with van der Waals surface area (Å²) in [6.07, 6.45) is 0. The number of rotatable bonds is 7. The highest BCUT2D eigenvalue weighted by molar-refractivity contribution is 6.01. The van der Waals surface area contributed by atoms with Gasteiger partial charge in [0.15, 0.2) is 0 Å². The van der Waals surface area contributed by atoms with Crippen molar-refractivity contribution >= 4 is 17.1 Å². The highest BCUT2D eigenvalue weighted by Gasteiger charge is 2.52. The normalized spacial score (nSPS) is 13.2. The number of benzene rings is 10. The van der Waals surface area contributed by atoms with Crippen LogP contribution >= 0.6 is 0 Å². The maximum Gasteiger partial charge on any atom is 0.132 e. The van der Waals surface area contributed by atoms with Gasteiger partial charge in [-0.3, -0.25) is 0 Å². The Morgan fingerprint density at radius 3 is 1.31 bits per heavy atom. The first-order valence-electron chi connectivity index (χ1n) is 25.0. The quantitative estimate of drug-likeness (QED) is 0.158. The highest BCUT2D eigenvalue weighted by atomic mass is 16.5. The molecule has 12 rings (SSSR count). The number of fused-ring (bicyclic) bond motifs is 9. The zero-order valence-corrected chi connectivity index (χ0v) is 41.4. The predicted molar refractivity (Wildman–Crippen MR) is 298 cm³/mol. The summed E-state index contributed by atoms with van der Waals surface area (Å²) in [7, 11) is 0. The molecular formula is C69H57NO. The molecule has 2 heteroatoms. The predicted octanol–water partition coefficient (Wildman–Crippen LogP) is 18.9. The first kappa shape index (κ1) is 44.0. The lowest BCUT2D eigenvalue weighted by Crippen LogP contribution is -2.33. The SMILES string of the molecule is CC(C)(C)c1ccc2c(c1)C1(c3cc(C(C)(C)C)ccc3O2)c2ccccc2-c2c(-c3ccccc3N(c3ccc(-c4ccccc4)cc3)c3ccccc3-c3ccc(-c4ccccc4)cc3)cccc21. The molecule has 344 valence electrons. The van der Waals surface area contributed by atoms with Crippen LogP contribution in [0.2, 0.25) is 0 Å². The maximum atomic E-state index is 7.00. The zero-order valence-electron chi connectivity index (χ0n) is 41.4. The molecule has 0 bridgehead atoms. The molecule has 71 heavy (non-hydrogen) atoms. The molecule has 0 atom stereocenters. The lowest BCUT2D eigenvalue weighted by atomic mass is 9.64. The molecule has 0 saturated carbocycles. The van der Waals surface area contributed by atoms with Crippen LogP contribution in [0.25, 0.3) is 55.6 Å². The van der Waals surface area contributed by atoms with Gasteiger partial charge in [0, 0.05) is 27.9 Å². The van der Waals surface area contributed by atoms with Crippen molar-refractivity contribution in [3.8, 4) is 67.1 Å². The first-order chi connectivity index (χ1) is 34.5. The van der Waals surface area contributed by atoms with Crippen LogP contribution in [0.1, 0.15) is 74.9 Å². The Bertz CT molecular complexity index is 3550. The van der Waals surface area contributed by atoms with E-state index in [1.54, 1.807) is 0 Å². The van der Waals surface area contributed by atoms with Gasteiger partial charge in [-0.05, 0) is 126 Å². The Labute approximate surface area is 419 Å². The van der Waals surface area contributed by atoms with E-state index in [0.717, 1.165) is 45.3 Å². The van der Waals surface area contributed by atoms with E-state index < -0.39 is 5.41 Å². The van der Waals surface area contributed by atoms with Crippen molar-refractivity contribution < 1.29 is 4.74 Å². The highest BCUT2D eigenvalue weighted by Crippen LogP contribution is 2.64. The summed E-state index contributed by atoms with van der Waals surface area (Å²) in [5.41, 5.74) is 21.9. The summed E-state index contributed by atoms with van der Waals surface area (Å²) in [6.45, 7) is 13.8. The van der Waals surface area contributed by atoms with Crippen molar-refractivity contribution in [2.75, 3.05) is 4.90 Å². The van der Waals surface area contributed by atoms with Gasteiger partial charge in [0.25, 0.3) is 0 Å². The average Bonchev–Trinajstić information content (AvgIpc) is 3.70. The van der Waals surface area contributed by atoms with Gasteiger partial charge in [-0.25, -0.2) is 0 Å². The van der Waals surface area contributed by atoms with Gasteiger partial charge in [0.05, 0.1) is 16.8 Å². The van der Waals surface area contributed by atoms with E-state index in [1.165, 1.54) is 72.3 Å². The summed E-state index contributed by atoms with van der Waals surface area (Å²) >= 11 is 0. The second-order valence-electron chi connectivity index (χ2n) is 21.3. The maximum absolute atomic E-state index is 7.00. The lowest BCUT2D eigenvalue weighted by Gasteiger charge is -2.41. The van der Waals surface area contributed by atoms with Gasteiger partial charge in [0.1, 0.15) is 11.5 Å². The molecule has 0 radical (unpaired) electrons. The molecule has 1 aliphatic heterocycles. The molecule has 10 aromatic rings. The van der Waals surface area contributed by atoms with E-state index in [9.17, 15) is 0 Å². The molecule has 0 saturated heterocycles. The number of nitrogens with zero attached hydrogens (tertiary/aromatic N) is 1. The smallest absolute Gasteiger partial charge is 0.132 e. The number of anilines is 3. The minimum Gasteiger partial charge on any atom is -0.457 e. The van der Waals surface area contributed by atoms with Crippen molar-refractivity contribution in [2.24, 2.45) is 0 Å². The third-order valence-corrected chi connectivity index (χ3v) is 14.9. The van der Waals surface area contributed by atoms with Crippen LogP contribution in [0.4, 0.5) is 17.1 Å². The standard InChI is InChI=1S/C69H57NO/c1-67(2,3)51-38-42-64-60(44-51)69(61-45-52(68(4,5)6)39-43-65(61)71-64)58-28-16-13-26-57(58)66-56(27-19-29-59(66)69)55-25-15-18-31-63(55)70(53-40-36-49(37-41-53)47-22-11-8-12-23-47)62-30-17-14-24-54(62)50-34-32-48(33-35-50)46-20-9-7-10-21-46/h7-45H,1-6H3. The van der Waals surface area contributed by atoms with Gasteiger partial charge in [-0.2, -0.15) is 0 Å². The molecule has 10 aromatic carbocycles. The lowest BCUT2D eigenvalue weighted by molar-refractivity contribution is 0.433. The van der Waals surface area contributed by atoms with Gasteiger partial charge in [0.2, 0.25) is 0 Å². The summed E-state index contributed by atoms with van der Waals surface area (Å²) < 4.78 is 7.00. The van der Waals surface area contributed by atoms with E-state index >= 15 is 0 Å². The molecule has 1 heterocycles. The fraction of sp³-hybridized carbons (Fsp3) is 0.130. The number of para-hydroxylation sites is 2. The van der Waals surface area contributed by atoms with Crippen molar-refractivity contribution in [3.05, 3.63) is 270 Å². The molecule has 2 nitrogen and oxygen atoms in total. The van der Waals surface area contributed by atoms with Crippen LogP contribution < -0.4 is 9.64 Å². The van der Waals surface area contributed by atoms with E-state index in [1.807, 2.05) is 0 Å². The summed E-state index contributed by atoms with van der Waals surface area (Å²) in [5, 5.41) is 0. The zero-order chi connectivity index (χ0) is 48.5. The summed E-state index contributed by atoms with van der Waals surface area (Å²) in [6, 6.07) is 87.3. The first-order valence-corrected chi connectivity index (χ1v) is 25.0. The molecule has 2 aliphatic rings. The monoisotopic (exact) mass is 915 g/mol. The molecule has 0 N–H and O–H groups in total. The molecule has 0 amide bonds. The molecule has 0 aromatic heterocycles. The number of hydrogen-bond acceptors (Lipinski definition) is 2. The third-order valence-electron chi connectivity index (χ3n) is 14.9. The molecule has 0 unspecified atom stereocenters. The van der Waals surface area contributed by atoms with E-state index in [0.29, 0.717) is 0 Å². The fourth-order valence-corrected chi connectivity index (χ4v) is 11.3. The van der Waals surface area contributed by atoms with Gasteiger partial charge < -0.3 is 9.64 Å². The Morgan fingerprint density at radius 1 is 0.324 bits per heavy atom. The molecule has 1 aliphatic carbocycles. The van der Waals surface area contributed by atoms with E-state index in [4.69, 9.17) is 4.74 Å². The Kier molecular flexibility index (Phi) is 10.6. The number of ether oxygens (including phenoxy) is 1. The van der Waals surface area contributed by atoms with Crippen LogP contribution in [0.5, 0.6) is 11.5 Å². The Balaban J connectivity index is 1.10. The molecule has 1 spiro atoms. The van der Waals surface area contributed by atoms with Crippen molar-refractivity contribution in [1.82, 2.24) is 0 Å². The van der Waals surface area contributed by atoms with Gasteiger partial charge in [-0.1, -0.05) is 230 Å².